The smallest absolute Gasteiger partial charge is 0.196 e. The first-order valence-electron chi connectivity index (χ1n) is 10.0. The van der Waals surface area contributed by atoms with Crippen LogP contribution in [0.2, 0.25) is 0 Å². The van der Waals surface area contributed by atoms with Gasteiger partial charge in [-0.2, -0.15) is 50.1 Å². The molecule has 0 unspecified atom stereocenters. The van der Waals surface area contributed by atoms with Gasteiger partial charge in [-0.1, -0.05) is 102 Å². The minimum atomic E-state index is 0. The van der Waals surface area contributed by atoms with Crippen molar-refractivity contribution in [3.05, 3.63) is 55.6 Å². The Bertz CT molecular complexity index is 661. The van der Waals surface area contributed by atoms with Gasteiger partial charge in [-0.15, -0.1) is 5.56 Å². The van der Waals surface area contributed by atoms with Crippen molar-refractivity contribution in [2.24, 2.45) is 0 Å². The number of hydrogen-bond donors (Lipinski definition) is 0. The van der Waals surface area contributed by atoms with Crippen LogP contribution in [0.1, 0.15) is 97.2 Å². The van der Waals surface area contributed by atoms with Gasteiger partial charge in [-0.3, -0.25) is 0 Å². The van der Waals surface area contributed by atoms with E-state index in [1.165, 1.54) is 44.5 Å². The maximum Gasteiger partial charge on any atom is 2.00 e. The fraction of sp³-hybridized carbons (Fsp3) is 0.615. The van der Waals surface area contributed by atoms with E-state index in [1.54, 1.807) is 11.1 Å². The molecule has 0 N–H and O–H groups in total. The molecule has 0 saturated carbocycles. The molecule has 1 heteroatoms. The van der Waals surface area contributed by atoms with Gasteiger partial charge in [0.2, 0.25) is 0 Å². The predicted molar refractivity (Wildman–Crippen MR) is 119 cm³/mol. The molecule has 0 heterocycles. The molecule has 0 spiro atoms. The van der Waals surface area contributed by atoms with Gasteiger partial charge in [0.25, 0.3) is 0 Å². The molecule has 27 heavy (non-hydrogen) atoms. The van der Waals surface area contributed by atoms with Crippen LogP contribution in [-0.2, 0) is 30.3 Å². The monoisotopic (exact) mass is 418 g/mol. The summed E-state index contributed by atoms with van der Waals surface area (Å²) in [6.07, 6.45) is 0. The van der Waals surface area contributed by atoms with Gasteiger partial charge >= 0.3 is 19.5 Å². The van der Waals surface area contributed by atoms with Gasteiger partial charge in [0.15, 0.2) is 0 Å². The first-order chi connectivity index (χ1) is 11.5. The average molecular weight is 420 g/mol. The number of hydrogen-bond acceptors (Lipinski definition) is 0. The summed E-state index contributed by atoms with van der Waals surface area (Å²) in [5.41, 5.74) is 15.5. The maximum atomic E-state index is 2.29. The average Bonchev–Trinajstić information content (AvgIpc) is 2.79. The normalized spacial score (nSPS) is 11.8. The minimum Gasteiger partial charge on any atom is -0.196 e. The zero-order chi connectivity index (χ0) is 20.8. The summed E-state index contributed by atoms with van der Waals surface area (Å²) >= 11 is 0. The third-order valence-electron chi connectivity index (χ3n) is 6.38. The summed E-state index contributed by atoms with van der Waals surface area (Å²) in [4.78, 5) is 0. The largest absolute Gasteiger partial charge is 2.00 e. The van der Waals surface area contributed by atoms with Crippen molar-refractivity contribution in [3.8, 4) is 0 Å². The quantitative estimate of drug-likeness (QED) is 0.301. The van der Waals surface area contributed by atoms with E-state index in [2.05, 4.69) is 96.9 Å². The summed E-state index contributed by atoms with van der Waals surface area (Å²) in [5.74, 6) is 0. The topological polar surface area (TPSA) is 0 Å². The molecule has 2 rings (SSSR count). The summed E-state index contributed by atoms with van der Waals surface area (Å²) in [7, 11) is 0. The molecule has 0 bridgehead atoms. The van der Waals surface area contributed by atoms with E-state index in [0.717, 1.165) is 0 Å². The van der Waals surface area contributed by atoms with Crippen molar-refractivity contribution in [2.45, 2.75) is 108 Å². The Labute approximate surface area is 182 Å². The third-order valence-corrected chi connectivity index (χ3v) is 6.38. The SMILES string of the molecule is Cc1c(C)c(C(C)(C)C)[c-](C)c1C.Cc1c(C)c(C)[c-](C(C)(C)C)c1C.[Zn+2]. The molecule has 0 aliphatic heterocycles. The first kappa shape index (κ1) is 26.3. The number of rotatable bonds is 0. The summed E-state index contributed by atoms with van der Waals surface area (Å²) < 4.78 is 0. The molecule has 0 nitrogen and oxygen atoms in total. The second-order valence-electron chi connectivity index (χ2n) is 10.2. The van der Waals surface area contributed by atoms with E-state index < -0.39 is 0 Å². The van der Waals surface area contributed by atoms with Gasteiger partial charge < -0.3 is 0 Å². The third kappa shape index (κ3) is 5.23. The van der Waals surface area contributed by atoms with Gasteiger partial charge in [0.1, 0.15) is 0 Å². The summed E-state index contributed by atoms with van der Waals surface area (Å²) in [5, 5.41) is 0. The Morgan fingerprint density at radius 2 is 0.889 bits per heavy atom. The van der Waals surface area contributed by atoms with Crippen LogP contribution in [0.4, 0.5) is 0 Å². The Morgan fingerprint density at radius 3 is 1.04 bits per heavy atom. The van der Waals surface area contributed by atoms with E-state index in [4.69, 9.17) is 0 Å². The maximum absolute atomic E-state index is 2.29. The molecule has 2 aromatic carbocycles. The van der Waals surface area contributed by atoms with Crippen molar-refractivity contribution in [3.63, 3.8) is 0 Å². The van der Waals surface area contributed by atoms with Crippen molar-refractivity contribution in [1.82, 2.24) is 0 Å². The molecule has 2 aromatic rings. The molecular formula is C26H42Zn. The van der Waals surface area contributed by atoms with Crippen molar-refractivity contribution in [2.75, 3.05) is 0 Å². The fourth-order valence-electron chi connectivity index (χ4n) is 4.69. The fourth-order valence-corrected chi connectivity index (χ4v) is 4.69. The minimum absolute atomic E-state index is 0. The van der Waals surface area contributed by atoms with Crippen LogP contribution in [-0.4, -0.2) is 0 Å². The second-order valence-corrected chi connectivity index (χ2v) is 10.2. The molecule has 0 amide bonds. The Kier molecular flexibility index (Phi) is 8.55. The standard InChI is InChI=1S/2C13H21.Zn/c2*1-8-9(2)11(4)12(10(8)3)13(5,6)7;/h2*1-7H3;/q2*-1;+2. The summed E-state index contributed by atoms with van der Waals surface area (Å²) in [6, 6.07) is 0. The van der Waals surface area contributed by atoms with Crippen molar-refractivity contribution < 1.29 is 19.5 Å². The van der Waals surface area contributed by atoms with E-state index in [-0.39, 0.29) is 30.3 Å². The van der Waals surface area contributed by atoms with Crippen LogP contribution >= 0.6 is 0 Å². The van der Waals surface area contributed by atoms with E-state index in [9.17, 15) is 0 Å². The van der Waals surface area contributed by atoms with Crippen molar-refractivity contribution >= 4 is 0 Å². The molecule has 0 radical (unpaired) electrons. The predicted octanol–water partition coefficient (Wildman–Crippen LogP) is 7.87. The zero-order valence-corrected chi connectivity index (χ0v) is 23.7. The van der Waals surface area contributed by atoms with Crippen LogP contribution in [0.15, 0.2) is 0 Å². The van der Waals surface area contributed by atoms with Crippen LogP contribution in [0.25, 0.3) is 0 Å². The molecule has 0 aliphatic carbocycles. The van der Waals surface area contributed by atoms with Crippen LogP contribution < -0.4 is 0 Å². The molecule has 0 saturated heterocycles. The summed E-state index contributed by atoms with van der Waals surface area (Å²) in [6.45, 7) is 31.7. The van der Waals surface area contributed by atoms with E-state index >= 15 is 0 Å². The molecule has 0 aromatic heterocycles. The zero-order valence-electron chi connectivity index (χ0n) is 20.7. The van der Waals surface area contributed by atoms with Gasteiger partial charge in [-0.05, 0) is 5.41 Å². The van der Waals surface area contributed by atoms with Crippen LogP contribution in [0.3, 0.4) is 0 Å². The Morgan fingerprint density at radius 1 is 0.556 bits per heavy atom. The molecule has 0 atom stereocenters. The Balaban J connectivity index is 0.000000483. The van der Waals surface area contributed by atoms with E-state index in [0.29, 0.717) is 0 Å². The Hall–Kier alpha value is -0.677. The first-order valence-corrected chi connectivity index (χ1v) is 10.0. The second kappa shape index (κ2) is 8.77. The van der Waals surface area contributed by atoms with Gasteiger partial charge in [0, 0.05) is 0 Å². The van der Waals surface area contributed by atoms with E-state index in [1.807, 2.05) is 0 Å². The molecular weight excluding hydrogens is 378 g/mol. The molecule has 148 valence electrons. The van der Waals surface area contributed by atoms with Crippen molar-refractivity contribution in [1.29, 1.82) is 0 Å². The van der Waals surface area contributed by atoms with Gasteiger partial charge in [0.05, 0.1) is 0 Å². The van der Waals surface area contributed by atoms with Crippen LogP contribution in [0, 0.1) is 55.4 Å². The van der Waals surface area contributed by atoms with Crippen LogP contribution in [0.5, 0.6) is 0 Å². The molecule has 0 fully saturated rings. The molecule has 0 aliphatic rings. The van der Waals surface area contributed by atoms with Gasteiger partial charge in [-0.25, -0.2) is 0 Å².